The van der Waals surface area contributed by atoms with Crippen molar-refractivity contribution >= 4 is 17.9 Å². The van der Waals surface area contributed by atoms with Crippen molar-refractivity contribution in [3.8, 4) is 0 Å². The molecule has 0 N–H and O–H groups in total. The quantitative estimate of drug-likeness (QED) is 0.0261. The van der Waals surface area contributed by atoms with Crippen LogP contribution in [0.1, 0.15) is 278 Å². The molecule has 0 aliphatic carbocycles. The van der Waals surface area contributed by atoms with Gasteiger partial charge >= 0.3 is 17.9 Å². The molecule has 0 rings (SSSR count). The highest BCUT2D eigenvalue weighted by atomic mass is 16.6. The van der Waals surface area contributed by atoms with Gasteiger partial charge in [0.25, 0.3) is 0 Å². The Kier molecular flexibility index (Phi) is 55.9. The third-order valence-corrected chi connectivity index (χ3v) is 12.6. The van der Waals surface area contributed by atoms with Crippen LogP contribution in [0.25, 0.3) is 0 Å². The van der Waals surface area contributed by atoms with E-state index < -0.39 is 6.10 Å². The molecule has 0 spiro atoms. The molecule has 0 aromatic rings. The maximum absolute atomic E-state index is 12.9. The van der Waals surface area contributed by atoms with Crippen LogP contribution >= 0.6 is 0 Å². The van der Waals surface area contributed by atoms with Crippen molar-refractivity contribution in [2.75, 3.05) is 13.2 Å². The van der Waals surface area contributed by atoms with Gasteiger partial charge in [-0.05, 0) is 96.3 Å². The molecule has 0 aliphatic rings. The average molecular weight is 988 g/mol. The second kappa shape index (κ2) is 58.9. The molecular formula is C65H110O6. The van der Waals surface area contributed by atoms with Crippen molar-refractivity contribution in [3.63, 3.8) is 0 Å². The minimum atomic E-state index is -0.794. The predicted molar refractivity (Wildman–Crippen MR) is 307 cm³/mol. The fourth-order valence-corrected chi connectivity index (χ4v) is 8.19. The first-order valence-corrected chi connectivity index (χ1v) is 29.7. The van der Waals surface area contributed by atoms with E-state index in [2.05, 4.69) is 118 Å². The van der Waals surface area contributed by atoms with Crippen molar-refractivity contribution in [1.82, 2.24) is 0 Å². The Bertz CT molecular complexity index is 1410. The topological polar surface area (TPSA) is 78.9 Å². The van der Waals surface area contributed by atoms with Crippen LogP contribution in [0, 0.1) is 0 Å². The molecule has 1 atom stereocenters. The van der Waals surface area contributed by atoms with E-state index in [0.717, 1.165) is 128 Å². The van der Waals surface area contributed by atoms with Crippen molar-refractivity contribution in [2.45, 2.75) is 284 Å². The van der Waals surface area contributed by atoms with Crippen LogP contribution in [0.3, 0.4) is 0 Å². The molecule has 0 aromatic carbocycles. The zero-order valence-electron chi connectivity index (χ0n) is 46.5. The van der Waals surface area contributed by atoms with Gasteiger partial charge in [0.1, 0.15) is 13.2 Å². The van der Waals surface area contributed by atoms with Gasteiger partial charge in [-0.25, -0.2) is 0 Å². The monoisotopic (exact) mass is 987 g/mol. The summed E-state index contributed by atoms with van der Waals surface area (Å²) in [6.07, 6.45) is 78.2. The van der Waals surface area contributed by atoms with Crippen molar-refractivity contribution < 1.29 is 28.6 Å². The highest BCUT2D eigenvalue weighted by Crippen LogP contribution is 2.16. The summed E-state index contributed by atoms with van der Waals surface area (Å²) in [6, 6.07) is 0. The lowest BCUT2D eigenvalue weighted by molar-refractivity contribution is -0.167. The van der Waals surface area contributed by atoms with E-state index in [1.54, 1.807) is 0 Å². The Morgan fingerprint density at radius 2 is 0.549 bits per heavy atom. The van der Waals surface area contributed by atoms with Gasteiger partial charge in [0.15, 0.2) is 6.10 Å². The molecular weight excluding hydrogens is 877 g/mol. The van der Waals surface area contributed by atoms with E-state index in [-0.39, 0.29) is 31.1 Å². The first-order valence-electron chi connectivity index (χ1n) is 29.7. The summed E-state index contributed by atoms with van der Waals surface area (Å²) in [5.74, 6) is -0.913. The van der Waals surface area contributed by atoms with Gasteiger partial charge in [-0.2, -0.15) is 0 Å². The predicted octanol–water partition coefficient (Wildman–Crippen LogP) is 20.1. The molecule has 0 heterocycles. The molecule has 0 fully saturated rings. The van der Waals surface area contributed by atoms with Crippen LogP contribution in [-0.2, 0) is 28.6 Å². The van der Waals surface area contributed by atoms with Crippen LogP contribution < -0.4 is 0 Å². The standard InChI is InChI=1S/C65H110O6/c1-4-7-10-13-16-19-22-25-28-30-31-32-33-35-37-40-43-46-49-52-55-58-64(67)70-61-62(60-69-63(66)57-54-51-48-45-42-39-36-27-24-21-18-15-12-9-6-3)71-65(68)59-56-53-50-47-44-41-38-34-29-26-23-20-17-14-11-8-5-2/h7-8,10-11,16-17,19-20,25-26,28-29,31-32,38,41,62H,4-6,9,12-15,18,21-24,27,30,33-37,39-40,42-61H2,1-3H3/b10-7-,11-8-,19-16-,20-17-,28-25-,29-26-,32-31-,41-38-. The molecule has 0 aromatic heterocycles. The number of esters is 3. The first-order chi connectivity index (χ1) is 35.0. The van der Waals surface area contributed by atoms with Crippen molar-refractivity contribution in [2.24, 2.45) is 0 Å². The minimum absolute atomic E-state index is 0.0884. The summed E-state index contributed by atoms with van der Waals surface area (Å²) in [5, 5.41) is 0. The zero-order chi connectivity index (χ0) is 51.4. The number of unbranched alkanes of at least 4 members (excludes halogenated alkanes) is 26. The SMILES string of the molecule is CC/C=C\C/C=C\C/C=C\C/C=C\CCCCCCCCCCC(=O)OCC(COC(=O)CCCCCCCCCCCCCCCCC)OC(=O)CCCCCC/C=C\C/C=C\C/C=C\C/C=C\CC. The summed E-state index contributed by atoms with van der Waals surface area (Å²) in [4.78, 5) is 38.2. The number of allylic oxidation sites excluding steroid dienone is 16. The van der Waals surface area contributed by atoms with Crippen LogP contribution in [0.4, 0.5) is 0 Å². The third kappa shape index (κ3) is 57.1. The summed E-state index contributed by atoms with van der Waals surface area (Å²) in [7, 11) is 0. The zero-order valence-corrected chi connectivity index (χ0v) is 46.5. The summed E-state index contributed by atoms with van der Waals surface area (Å²) in [6.45, 7) is 6.41. The molecule has 0 radical (unpaired) electrons. The molecule has 0 amide bonds. The lowest BCUT2D eigenvalue weighted by Gasteiger charge is -2.18. The van der Waals surface area contributed by atoms with Gasteiger partial charge < -0.3 is 14.2 Å². The van der Waals surface area contributed by atoms with Crippen molar-refractivity contribution in [1.29, 1.82) is 0 Å². The van der Waals surface area contributed by atoms with Gasteiger partial charge in [0.05, 0.1) is 0 Å². The summed E-state index contributed by atoms with van der Waals surface area (Å²) >= 11 is 0. The molecule has 0 saturated heterocycles. The number of hydrogen-bond acceptors (Lipinski definition) is 6. The van der Waals surface area contributed by atoms with E-state index in [1.807, 2.05) is 0 Å². The lowest BCUT2D eigenvalue weighted by atomic mass is 10.0. The fourth-order valence-electron chi connectivity index (χ4n) is 8.19. The average Bonchev–Trinajstić information content (AvgIpc) is 3.37. The second-order valence-corrected chi connectivity index (χ2v) is 19.5. The molecule has 1 unspecified atom stereocenters. The van der Waals surface area contributed by atoms with Crippen LogP contribution in [0.2, 0.25) is 0 Å². The van der Waals surface area contributed by atoms with Gasteiger partial charge in [0.2, 0.25) is 0 Å². The largest absolute Gasteiger partial charge is 0.462 e. The molecule has 0 bridgehead atoms. The Hall–Kier alpha value is -3.67. The van der Waals surface area contributed by atoms with Crippen LogP contribution in [-0.4, -0.2) is 37.2 Å². The molecule has 71 heavy (non-hydrogen) atoms. The smallest absolute Gasteiger partial charge is 0.306 e. The van der Waals surface area contributed by atoms with Gasteiger partial charge in [-0.3, -0.25) is 14.4 Å². The molecule has 0 aliphatic heterocycles. The van der Waals surface area contributed by atoms with E-state index in [0.29, 0.717) is 19.3 Å². The maximum atomic E-state index is 12.9. The number of carbonyl (C=O) groups excluding carboxylic acids is 3. The number of carbonyl (C=O) groups is 3. The van der Waals surface area contributed by atoms with Gasteiger partial charge in [-0.1, -0.05) is 259 Å². The molecule has 6 nitrogen and oxygen atoms in total. The van der Waals surface area contributed by atoms with E-state index in [9.17, 15) is 14.4 Å². The third-order valence-electron chi connectivity index (χ3n) is 12.6. The minimum Gasteiger partial charge on any atom is -0.462 e. The Morgan fingerprint density at radius 1 is 0.296 bits per heavy atom. The van der Waals surface area contributed by atoms with E-state index in [4.69, 9.17) is 14.2 Å². The molecule has 0 saturated carbocycles. The van der Waals surface area contributed by atoms with Gasteiger partial charge in [0, 0.05) is 19.3 Å². The fraction of sp³-hybridized carbons (Fsp3) is 0.708. The maximum Gasteiger partial charge on any atom is 0.306 e. The second-order valence-electron chi connectivity index (χ2n) is 19.5. The van der Waals surface area contributed by atoms with E-state index in [1.165, 1.54) is 109 Å². The highest BCUT2D eigenvalue weighted by Gasteiger charge is 2.19. The van der Waals surface area contributed by atoms with Crippen LogP contribution in [0.15, 0.2) is 97.2 Å². The summed E-state index contributed by atoms with van der Waals surface area (Å²) < 4.78 is 16.9. The van der Waals surface area contributed by atoms with Gasteiger partial charge in [-0.15, -0.1) is 0 Å². The highest BCUT2D eigenvalue weighted by molar-refractivity contribution is 5.71. The number of rotatable bonds is 53. The first kappa shape index (κ1) is 67.3. The summed E-state index contributed by atoms with van der Waals surface area (Å²) in [5.41, 5.74) is 0. The Morgan fingerprint density at radius 3 is 0.859 bits per heavy atom. The number of hydrogen-bond donors (Lipinski definition) is 0. The Balaban J connectivity index is 4.42. The van der Waals surface area contributed by atoms with Crippen LogP contribution in [0.5, 0.6) is 0 Å². The number of ether oxygens (including phenoxy) is 3. The lowest BCUT2D eigenvalue weighted by Crippen LogP contribution is -2.30. The molecule has 406 valence electrons. The van der Waals surface area contributed by atoms with E-state index >= 15 is 0 Å². The molecule has 6 heteroatoms. The Labute approximate surface area is 438 Å². The normalized spacial score (nSPS) is 12.8. The van der Waals surface area contributed by atoms with Crippen molar-refractivity contribution in [3.05, 3.63) is 97.2 Å².